The van der Waals surface area contributed by atoms with Crippen LogP contribution in [0.25, 0.3) is 0 Å². The van der Waals surface area contributed by atoms with Gasteiger partial charge in [0.1, 0.15) is 0 Å². The number of carbonyl (C=O) groups excluding carboxylic acids is 1. The van der Waals surface area contributed by atoms with E-state index in [1.54, 1.807) is 12.5 Å². The minimum absolute atomic E-state index is 0.0420. The van der Waals surface area contributed by atoms with Gasteiger partial charge in [-0.1, -0.05) is 0 Å². The van der Waals surface area contributed by atoms with Gasteiger partial charge in [-0.15, -0.1) is 0 Å². The van der Waals surface area contributed by atoms with E-state index in [9.17, 15) is 9.90 Å². The smallest absolute Gasteiger partial charge is 0.317 e. The molecule has 1 spiro atoms. The normalized spacial score (nSPS) is 24.4. The molecule has 0 bridgehead atoms. The number of aromatic nitrogens is 2. The van der Waals surface area contributed by atoms with Crippen LogP contribution in [0.4, 0.5) is 4.79 Å². The number of imidazole rings is 1. The Morgan fingerprint density at radius 3 is 3.05 bits per heavy atom. The third-order valence-electron chi connectivity index (χ3n) is 4.74. The molecule has 1 aromatic heterocycles. The fraction of sp³-hybridized carbons (Fsp3) is 0.733. The second-order valence-electron chi connectivity index (χ2n) is 6.12. The Balaban J connectivity index is 1.43. The van der Waals surface area contributed by atoms with Gasteiger partial charge >= 0.3 is 6.03 Å². The number of ether oxygens (including phenoxy) is 1. The van der Waals surface area contributed by atoms with Crippen LogP contribution in [0.1, 0.15) is 31.4 Å². The average molecular weight is 308 g/mol. The zero-order chi connectivity index (χ0) is 15.4. The van der Waals surface area contributed by atoms with Crippen LogP contribution in [0.3, 0.4) is 0 Å². The fourth-order valence-corrected chi connectivity index (χ4v) is 3.31. The van der Waals surface area contributed by atoms with Crippen LogP contribution >= 0.6 is 0 Å². The van der Waals surface area contributed by atoms with Gasteiger partial charge in [-0.25, -0.2) is 9.78 Å². The Morgan fingerprint density at radius 1 is 1.55 bits per heavy atom. The third kappa shape index (κ3) is 3.25. The van der Waals surface area contributed by atoms with E-state index in [-0.39, 0.29) is 6.03 Å². The lowest BCUT2D eigenvalue weighted by Gasteiger charge is -2.46. The summed E-state index contributed by atoms with van der Waals surface area (Å²) in [6.45, 7) is 2.56. The molecule has 2 aliphatic rings. The second-order valence-corrected chi connectivity index (χ2v) is 6.12. The molecule has 7 nitrogen and oxygen atoms in total. The first-order chi connectivity index (χ1) is 10.7. The van der Waals surface area contributed by atoms with Gasteiger partial charge in [-0.05, 0) is 25.7 Å². The van der Waals surface area contributed by atoms with Crippen molar-refractivity contribution in [1.82, 2.24) is 20.2 Å². The maximum Gasteiger partial charge on any atom is 0.317 e. The number of carbonyl (C=O) groups is 1. The minimum atomic E-state index is -0.426. The number of amides is 2. The van der Waals surface area contributed by atoms with Crippen molar-refractivity contribution >= 4 is 6.03 Å². The fourth-order valence-electron chi connectivity index (χ4n) is 3.31. The lowest BCUT2D eigenvalue weighted by atomic mass is 9.82. The number of nitrogens with one attached hydrogen (secondary N) is 2. The van der Waals surface area contributed by atoms with Crippen LogP contribution in [0.15, 0.2) is 12.5 Å². The monoisotopic (exact) mass is 308 g/mol. The Labute approximate surface area is 130 Å². The molecular weight excluding hydrogens is 284 g/mol. The molecule has 0 aromatic carbocycles. The molecule has 3 heterocycles. The molecule has 2 fully saturated rings. The van der Waals surface area contributed by atoms with Crippen LogP contribution in [-0.2, 0) is 11.2 Å². The number of likely N-dealkylation sites (tertiary alicyclic amines) is 1. The van der Waals surface area contributed by atoms with Crippen molar-refractivity contribution in [3.8, 4) is 0 Å². The third-order valence-corrected chi connectivity index (χ3v) is 4.74. The SMILES string of the molecule is O=C(NCCc1cnc[nH]1)N1CCC2(CC1)OCCCC2O. The van der Waals surface area contributed by atoms with Gasteiger partial charge in [-0.2, -0.15) is 0 Å². The highest BCUT2D eigenvalue weighted by atomic mass is 16.5. The molecule has 122 valence electrons. The lowest BCUT2D eigenvalue weighted by molar-refractivity contribution is -0.173. The van der Waals surface area contributed by atoms with Gasteiger partial charge in [-0.3, -0.25) is 0 Å². The summed E-state index contributed by atoms with van der Waals surface area (Å²) in [5, 5.41) is 13.1. The molecule has 7 heteroatoms. The van der Waals surface area contributed by atoms with E-state index in [2.05, 4.69) is 15.3 Å². The molecule has 0 aliphatic carbocycles. The molecule has 0 radical (unpaired) electrons. The molecule has 1 aromatic rings. The van der Waals surface area contributed by atoms with Crippen LogP contribution < -0.4 is 5.32 Å². The maximum atomic E-state index is 12.2. The first kappa shape index (κ1) is 15.3. The number of urea groups is 1. The number of rotatable bonds is 3. The van der Waals surface area contributed by atoms with Gasteiger partial charge in [0.05, 0.1) is 18.0 Å². The molecule has 3 rings (SSSR count). The van der Waals surface area contributed by atoms with E-state index in [4.69, 9.17) is 4.74 Å². The summed E-state index contributed by atoms with van der Waals surface area (Å²) in [5.74, 6) is 0. The summed E-state index contributed by atoms with van der Waals surface area (Å²) in [7, 11) is 0. The van der Waals surface area contributed by atoms with Crippen molar-refractivity contribution in [3.63, 3.8) is 0 Å². The largest absolute Gasteiger partial charge is 0.390 e. The molecule has 2 saturated heterocycles. The van der Waals surface area contributed by atoms with Gasteiger partial charge in [0.25, 0.3) is 0 Å². The van der Waals surface area contributed by atoms with E-state index < -0.39 is 11.7 Å². The van der Waals surface area contributed by atoms with E-state index in [1.165, 1.54) is 0 Å². The number of aliphatic hydroxyl groups is 1. The van der Waals surface area contributed by atoms with Crippen molar-refractivity contribution < 1.29 is 14.6 Å². The number of hydrogen-bond acceptors (Lipinski definition) is 4. The summed E-state index contributed by atoms with van der Waals surface area (Å²) >= 11 is 0. The zero-order valence-electron chi connectivity index (χ0n) is 12.8. The predicted octanol–water partition coefficient (Wildman–Crippen LogP) is 0.668. The average Bonchev–Trinajstić information content (AvgIpc) is 3.04. The van der Waals surface area contributed by atoms with Crippen LogP contribution in [0.2, 0.25) is 0 Å². The lowest BCUT2D eigenvalue weighted by Crippen LogP contribution is -2.57. The van der Waals surface area contributed by atoms with Crippen molar-refractivity contribution in [2.45, 2.75) is 43.8 Å². The molecule has 1 atom stereocenters. The van der Waals surface area contributed by atoms with E-state index in [0.29, 0.717) is 39.1 Å². The van der Waals surface area contributed by atoms with Gasteiger partial charge < -0.3 is 25.0 Å². The Hall–Kier alpha value is -1.60. The van der Waals surface area contributed by atoms with Crippen molar-refractivity contribution in [2.75, 3.05) is 26.2 Å². The number of aliphatic hydroxyl groups excluding tert-OH is 1. The molecule has 0 saturated carbocycles. The first-order valence-corrected chi connectivity index (χ1v) is 8.02. The van der Waals surface area contributed by atoms with Gasteiger partial charge in [0.15, 0.2) is 0 Å². The predicted molar refractivity (Wildman–Crippen MR) is 80.4 cm³/mol. The van der Waals surface area contributed by atoms with E-state index >= 15 is 0 Å². The molecule has 3 N–H and O–H groups in total. The highest BCUT2D eigenvalue weighted by Crippen LogP contribution is 2.35. The van der Waals surface area contributed by atoms with Crippen LogP contribution in [0, 0.1) is 0 Å². The number of aromatic amines is 1. The van der Waals surface area contributed by atoms with Crippen molar-refractivity contribution in [1.29, 1.82) is 0 Å². The summed E-state index contributed by atoms with van der Waals surface area (Å²) in [5.41, 5.74) is 0.585. The van der Waals surface area contributed by atoms with Gasteiger partial charge in [0.2, 0.25) is 0 Å². The number of H-pyrrole nitrogens is 1. The van der Waals surface area contributed by atoms with Crippen LogP contribution in [-0.4, -0.2) is 64.0 Å². The van der Waals surface area contributed by atoms with Crippen molar-refractivity contribution in [3.05, 3.63) is 18.2 Å². The number of hydrogen-bond donors (Lipinski definition) is 3. The van der Waals surface area contributed by atoms with Crippen molar-refractivity contribution in [2.24, 2.45) is 0 Å². The summed E-state index contributed by atoms with van der Waals surface area (Å²) in [4.78, 5) is 20.9. The summed E-state index contributed by atoms with van der Waals surface area (Å²) < 4.78 is 5.86. The topological polar surface area (TPSA) is 90.5 Å². The zero-order valence-corrected chi connectivity index (χ0v) is 12.8. The number of piperidine rings is 1. The standard InChI is InChI=1S/C15H24N4O3/c20-13-2-1-9-22-15(13)4-7-19(8-5-15)14(21)17-6-3-12-10-16-11-18-12/h10-11,13,20H,1-9H2,(H,16,18)(H,17,21). The minimum Gasteiger partial charge on any atom is -0.390 e. The summed E-state index contributed by atoms with van der Waals surface area (Å²) in [6.07, 6.45) is 6.88. The molecule has 2 amide bonds. The van der Waals surface area contributed by atoms with E-state index in [0.717, 1.165) is 25.0 Å². The maximum absolute atomic E-state index is 12.2. The Morgan fingerprint density at radius 2 is 2.36 bits per heavy atom. The Kier molecular flexibility index (Phi) is 4.63. The van der Waals surface area contributed by atoms with Crippen LogP contribution in [0.5, 0.6) is 0 Å². The second kappa shape index (κ2) is 6.66. The number of nitrogens with zero attached hydrogens (tertiary/aromatic N) is 2. The summed E-state index contributed by atoms with van der Waals surface area (Å²) in [6, 6.07) is -0.0420. The highest BCUT2D eigenvalue weighted by Gasteiger charge is 2.44. The highest BCUT2D eigenvalue weighted by molar-refractivity contribution is 5.74. The first-order valence-electron chi connectivity index (χ1n) is 8.02. The molecular formula is C15H24N4O3. The Bertz CT molecular complexity index is 483. The molecule has 1 unspecified atom stereocenters. The van der Waals surface area contributed by atoms with E-state index in [1.807, 2.05) is 4.90 Å². The molecule has 22 heavy (non-hydrogen) atoms. The molecule has 2 aliphatic heterocycles. The van der Waals surface area contributed by atoms with Gasteiger partial charge in [0, 0.05) is 44.6 Å². The quantitative estimate of drug-likeness (QED) is 0.765.